The van der Waals surface area contributed by atoms with Crippen LogP contribution < -0.4 is 5.32 Å². The lowest BCUT2D eigenvalue weighted by Gasteiger charge is -2.08. The highest BCUT2D eigenvalue weighted by Gasteiger charge is 2.10. The van der Waals surface area contributed by atoms with Crippen molar-refractivity contribution in [2.75, 3.05) is 12.4 Å². The van der Waals surface area contributed by atoms with Crippen LogP contribution in [0.3, 0.4) is 0 Å². The SMILES string of the molecule is COC(=O)CCC(=O)Nc1cc(Cl)cc2cccnc12. The Hall–Kier alpha value is -2.14. The number of fused-ring (bicyclic) bond motifs is 1. The maximum absolute atomic E-state index is 11.8. The average Bonchev–Trinajstić information content (AvgIpc) is 2.44. The summed E-state index contributed by atoms with van der Waals surface area (Å²) in [6, 6.07) is 7.06. The van der Waals surface area contributed by atoms with Gasteiger partial charge in [-0.2, -0.15) is 0 Å². The van der Waals surface area contributed by atoms with E-state index in [1.807, 2.05) is 6.07 Å². The van der Waals surface area contributed by atoms with E-state index < -0.39 is 5.97 Å². The molecule has 2 aromatic rings. The van der Waals surface area contributed by atoms with Crippen LogP contribution in [0.2, 0.25) is 5.02 Å². The Morgan fingerprint density at radius 2 is 2.15 bits per heavy atom. The van der Waals surface area contributed by atoms with Crippen LogP contribution in [0.5, 0.6) is 0 Å². The third kappa shape index (κ3) is 3.45. The van der Waals surface area contributed by atoms with Crippen molar-refractivity contribution in [1.82, 2.24) is 4.98 Å². The Kier molecular flexibility index (Phi) is 4.53. The number of carbonyl (C=O) groups is 2. The van der Waals surface area contributed by atoms with Crippen molar-refractivity contribution in [3.8, 4) is 0 Å². The first-order chi connectivity index (χ1) is 9.60. The van der Waals surface area contributed by atoms with Crippen LogP contribution in [0.4, 0.5) is 5.69 Å². The number of esters is 1. The summed E-state index contributed by atoms with van der Waals surface area (Å²) in [5, 5.41) is 4.06. The molecule has 0 saturated carbocycles. The van der Waals surface area contributed by atoms with Crippen LogP contribution >= 0.6 is 11.6 Å². The Labute approximate surface area is 120 Å². The third-order valence-electron chi connectivity index (χ3n) is 2.73. The number of rotatable bonds is 4. The molecular formula is C14H13ClN2O3. The van der Waals surface area contributed by atoms with Gasteiger partial charge in [-0.25, -0.2) is 0 Å². The molecule has 0 unspecified atom stereocenters. The van der Waals surface area contributed by atoms with Gasteiger partial charge in [-0.3, -0.25) is 14.6 Å². The lowest BCUT2D eigenvalue weighted by Crippen LogP contribution is -2.14. The van der Waals surface area contributed by atoms with Crippen molar-refractivity contribution in [3.05, 3.63) is 35.5 Å². The molecule has 0 saturated heterocycles. The van der Waals surface area contributed by atoms with Crippen LogP contribution in [0.1, 0.15) is 12.8 Å². The number of nitrogens with zero attached hydrogens (tertiary/aromatic N) is 1. The number of carbonyl (C=O) groups excluding carboxylic acids is 2. The molecule has 6 heteroatoms. The van der Waals surface area contributed by atoms with E-state index in [0.29, 0.717) is 16.2 Å². The number of amides is 1. The monoisotopic (exact) mass is 292 g/mol. The van der Waals surface area contributed by atoms with E-state index in [4.69, 9.17) is 11.6 Å². The minimum atomic E-state index is -0.422. The second kappa shape index (κ2) is 6.34. The van der Waals surface area contributed by atoms with E-state index in [9.17, 15) is 9.59 Å². The standard InChI is InChI=1S/C14H13ClN2O3/c1-20-13(19)5-4-12(18)17-11-8-10(15)7-9-3-2-6-16-14(9)11/h2-3,6-8H,4-5H2,1H3,(H,17,18). The minimum absolute atomic E-state index is 0.0360. The van der Waals surface area contributed by atoms with Crippen molar-refractivity contribution < 1.29 is 14.3 Å². The van der Waals surface area contributed by atoms with Crippen LogP contribution in [-0.2, 0) is 14.3 Å². The molecule has 0 aliphatic carbocycles. The number of benzene rings is 1. The summed E-state index contributed by atoms with van der Waals surface area (Å²) in [6.45, 7) is 0. The smallest absolute Gasteiger partial charge is 0.306 e. The second-order valence-corrected chi connectivity index (χ2v) is 4.59. The van der Waals surface area contributed by atoms with Gasteiger partial charge in [0.2, 0.25) is 5.91 Å². The van der Waals surface area contributed by atoms with Gasteiger partial charge in [-0.15, -0.1) is 0 Å². The summed E-state index contributed by atoms with van der Waals surface area (Å²) < 4.78 is 4.49. The molecule has 2 rings (SSSR count). The number of aromatic nitrogens is 1. The Balaban J connectivity index is 2.17. The van der Waals surface area contributed by atoms with Crippen LogP contribution in [-0.4, -0.2) is 24.0 Å². The fourth-order valence-corrected chi connectivity index (χ4v) is 2.01. The molecule has 1 amide bonds. The molecule has 1 heterocycles. The summed E-state index contributed by atoms with van der Waals surface area (Å²) in [5.41, 5.74) is 1.19. The first-order valence-electron chi connectivity index (χ1n) is 6.01. The molecule has 0 atom stereocenters. The topological polar surface area (TPSA) is 68.3 Å². The summed E-state index contributed by atoms with van der Waals surface area (Å²) in [4.78, 5) is 27.0. The molecule has 20 heavy (non-hydrogen) atoms. The fourth-order valence-electron chi connectivity index (χ4n) is 1.78. The quantitative estimate of drug-likeness (QED) is 0.880. The van der Waals surface area contributed by atoms with Gasteiger partial charge in [-0.05, 0) is 18.2 Å². The normalized spacial score (nSPS) is 10.3. The van der Waals surface area contributed by atoms with E-state index in [-0.39, 0.29) is 18.7 Å². The van der Waals surface area contributed by atoms with E-state index in [2.05, 4.69) is 15.0 Å². The maximum Gasteiger partial charge on any atom is 0.306 e. The first-order valence-corrected chi connectivity index (χ1v) is 6.39. The third-order valence-corrected chi connectivity index (χ3v) is 2.95. The number of methoxy groups -OCH3 is 1. The number of anilines is 1. The Morgan fingerprint density at radius 3 is 2.90 bits per heavy atom. The van der Waals surface area contributed by atoms with Gasteiger partial charge in [0.1, 0.15) is 0 Å². The Bertz CT molecular complexity index is 658. The van der Waals surface area contributed by atoms with E-state index in [0.717, 1.165) is 5.39 Å². The lowest BCUT2D eigenvalue weighted by atomic mass is 10.2. The summed E-state index contributed by atoms with van der Waals surface area (Å²) in [5.74, 6) is -0.709. The zero-order valence-corrected chi connectivity index (χ0v) is 11.6. The van der Waals surface area contributed by atoms with Gasteiger partial charge in [0.05, 0.1) is 24.7 Å². The molecule has 5 nitrogen and oxygen atoms in total. The van der Waals surface area contributed by atoms with Gasteiger partial charge in [0.25, 0.3) is 0 Å². The van der Waals surface area contributed by atoms with Gasteiger partial charge in [0.15, 0.2) is 0 Å². The molecule has 0 aliphatic rings. The van der Waals surface area contributed by atoms with Crippen molar-refractivity contribution in [2.45, 2.75) is 12.8 Å². The summed E-state index contributed by atoms with van der Waals surface area (Å²) in [6.07, 6.45) is 1.72. The number of hydrogen-bond donors (Lipinski definition) is 1. The van der Waals surface area contributed by atoms with Gasteiger partial charge < -0.3 is 10.1 Å². The molecular weight excluding hydrogens is 280 g/mol. The molecule has 0 spiro atoms. The predicted molar refractivity (Wildman–Crippen MR) is 76.6 cm³/mol. The molecule has 1 aromatic heterocycles. The second-order valence-electron chi connectivity index (χ2n) is 4.15. The van der Waals surface area contributed by atoms with Gasteiger partial charge in [0, 0.05) is 23.0 Å². The van der Waals surface area contributed by atoms with E-state index in [1.54, 1.807) is 24.4 Å². The summed E-state index contributed by atoms with van der Waals surface area (Å²) >= 11 is 6.00. The van der Waals surface area contributed by atoms with Crippen LogP contribution in [0.15, 0.2) is 30.5 Å². The molecule has 0 radical (unpaired) electrons. The number of pyridine rings is 1. The van der Waals surface area contributed by atoms with Crippen molar-refractivity contribution in [2.24, 2.45) is 0 Å². The molecule has 1 aromatic carbocycles. The molecule has 1 N–H and O–H groups in total. The van der Waals surface area contributed by atoms with Crippen LogP contribution in [0, 0.1) is 0 Å². The molecule has 0 bridgehead atoms. The number of hydrogen-bond acceptors (Lipinski definition) is 4. The van der Waals surface area contributed by atoms with Crippen LogP contribution in [0.25, 0.3) is 10.9 Å². The molecule has 0 fully saturated rings. The Morgan fingerprint density at radius 1 is 1.35 bits per heavy atom. The summed E-state index contributed by atoms with van der Waals surface area (Å²) in [7, 11) is 1.29. The fraction of sp³-hybridized carbons (Fsp3) is 0.214. The lowest BCUT2D eigenvalue weighted by molar-refractivity contribution is -0.141. The number of nitrogens with one attached hydrogen (secondary N) is 1. The van der Waals surface area contributed by atoms with Gasteiger partial charge >= 0.3 is 5.97 Å². The van der Waals surface area contributed by atoms with Gasteiger partial charge in [-0.1, -0.05) is 17.7 Å². The van der Waals surface area contributed by atoms with E-state index in [1.165, 1.54) is 7.11 Å². The average molecular weight is 293 g/mol. The first kappa shape index (κ1) is 14.3. The zero-order valence-electron chi connectivity index (χ0n) is 10.9. The van der Waals surface area contributed by atoms with E-state index >= 15 is 0 Å². The van der Waals surface area contributed by atoms with Crippen molar-refractivity contribution in [1.29, 1.82) is 0 Å². The van der Waals surface area contributed by atoms with Crippen molar-refractivity contribution >= 4 is 40.1 Å². The number of ether oxygens (including phenoxy) is 1. The highest BCUT2D eigenvalue weighted by molar-refractivity contribution is 6.32. The highest BCUT2D eigenvalue weighted by atomic mass is 35.5. The van der Waals surface area contributed by atoms with Crippen molar-refractivity contribution in [3.63, 3.8) is 0 Å². The highest BCUT2D eigenvalue weighted by Crippen LogP contribution is 2.26. The molecule has 0 aliphatic heterocycles. The predicted octanol–water partition coefficient (Wildman–Crippen LogP) is 2.78. The minimum Gasteiger partial charge on any atom is -0.469 e. The number of halogens is 1. The maximum atomic E-state index is 11.8. The zero-order chi connectivity index (χ0) is 14.5. The largest absolute Gasteiger partial charge is 0.469 e. The molecule has 104 valence electrons.